The number of benzene rings is 1. The Kier molecular flexibility index (Phi) is 8.18. The molecule has 210 valence electrons. The lowest BCUT2D eigenvalue weighted by Gasteiger charge is -2.36. The summed E-state index contributed by atoms with van der Waals surface area (Å²) < 4.78 is 70.9. The first kappa shape index (κ1) is 28.1. The average Bonchev–Trinajstić information content (AvgIpc) is 3.29. The normalized spacial score (nSPS) is 21.0. The highest BCUT2D eigenvalue weighted by Crippen LogP contribution is 2.37. The summed E-state index contributed by atoms with van der Waals surface area (Å²) in [6.07, 6.45) is -3.67. The van der Waals surface area contributed by atoms with Crippen molar-refractivity contribution in [2.45, 2.75) is 61.7 Å². The quantitative estimate of drug-likeness (QED) is 0.525. The van der Waals surface area contributed by atoms with Gasteiger partial charge in [0.15, 0.2) is 0 Å². The number of halogens is 3. The van der Waals surface area contributed by atoms with Gasteiger partial charge in [-0.15, -0.1) is 5.06 Å². The Hall–Kier alpha value is -2.91. The molecule has 11 nitrogen and oxygen atoms in total. The van der Waals surface area contributed by atoms with Crippen LogP contribution in [0.4, 0.5) is 18.0 Å². The maximum atomic E-state index is 13.0. The third-order valence-electron chi connectivity index (χ3n) is 6.79. The summed E-state index contributed by atoms with van der Waals surface area (Å²) in [6, 6.07) is 3.51. The van der Waals surface area contributed by atoms with Crippen LogP contribution in [0.15, 0.2) is 34.3 Å². The molecule has 1 spiro atoms. The molecule has 0 saturated carbocycles. The highest BCUT2D eigenvalue weighted by molar-refractivity contribution is 7.89. The average molecular weight is 563 g/mol. The van der Waals surface area contributed by atoms with Crippen LogP contribution in [0.5, 0.6) is 0 Å². The van der Waals surface area contributed by atoms with E-state index >= 15 is 0 Å². The van der Waals surface area contributed by atoms with Crippen molar-refractivity contribution in [3.63, 3.8) is 0 Å². The van der Waals surface area contributed by atoms with Gasteiger partial charge in [-0.2, -0.15) is 17.5 Å². The van der Waals surface area contributed by atoms with Crippen LogP contribution in [-0.4, -0.2) is 80.0 Å². The second-order valence-corrected chi connectivity index (χ2v) is 11.3. The minimum Gasteiger partial charge on any atom is -0.433 e. The minimum atomic E-state index is -4.66. The molecule has 2 fully saturated rings. The monoisotopic (exact) mass is 562 g/mol. The van der Waals surface area contributed by atoms with Crippen LogP contribution in [0.1, 0.15) is 44.6 Å². The second kappa shape index (κ2) is 11.1. The molecule has 3 heterocycles. The molecule has 0 aromatic heterocycles. The fraction of sp³-hybridized carbons (Fsp3) is 0.609. The van der Waals surface area contributed by atoms with E-state index < -0.39 is 38.4 Å². The second-order valence-electron chi connectivity index (χ2n) is 9.37. The van der Waals surface area contributed by atoms with E-state index in [1.54, 1.807) is 6.92 Å². The molecule has 4 rings (SSSR count). The molecule has 1 aromatic rings. The Morgan fingerprint density at radius 3 is 2.50 bits per heavy atom. The lowest BCUT2D eigenvalue weighted by atomic mass is 9.87. The predicted octanol–water partition coefficient (Wildman–Crippen LogP) is 2.67. The van der Waals surface area contributed by atoms with Crippen LogP contribution < -0.4 is 5.32 Å². The Morgan fingerprint density at radius 2 is 1.87 bits per heavy atom. The predicted molar refractivity (Wildman–Crippen MR) is 126 cm³/mol. The van der Waals surface area contributed by atoms with Gasteiger partial charge in [-0.3, -0.25) is 4.79 Å². The maximum Gasteiger partial charge on any atom is 0.527 e. The van der Waals surface area contributed by atoms with Gasteiger partial charge >= 0.3 is 12.3 Å². The van der Waals surface area contributed by atoms with Gasteiger partial charge in [0.1, 0.15) is 11.3 Å². The van der Waals surface area contributed by atoms with Crippen molar-refractivity contribution in [3.05, 3.63) is 29.8 Å². The smallest absolute Gasteiger partial charge is 0.433 e. The molecule has 0 atom stereocenters. The van der Waals surface area contributed by atoms with Gasteiger partial charge in [0.25, 0.3) is 5.91 Å². The van der Waals surface area contributed by atoms with Gasteiger partial charge in [0.2, 0.25) is 10.0 Å². The Balaban J connectivity index is 1.27. The molecular formula is C23H29F3N4O7S. The van der Waals surface area contributed by atoms with E-state index in [0.29, 0.717) is 32.0 Å². The van der Waals surface area contributed by atoms with Crippen LogP contribution >= 0.6 is 0 Å². The van der Waals surface area contributed by atoms with Gasteiger partial charge in [0, 0.05) is 51.5 Å². The molecule has 1 N–H and O–H groups in total. The van der Waals surface area contributed by atoms with Gasteiger partial charge in [-0.1, -0.05) is 11.2 Å². The van der Waals surface area contributed by atoms with Crippen molar-refractivity contribution in [3.8, 4) is 0 Å². The largest absolute Gasteiger partial charge is 0.527 e. The van der Waals surface area contributed by atoms with E-state index in [1.165, 1.54) is 5.06 Å². The van der Waals surface area contributed by atoms with Gasteiger partial charge in [0.05, 0.1) is 17.1 Å². The number of carbonyl (C=O) groups excluding carboxylic acids is 2. The summed E-state index contributed by atoms with van der Waals surface area (Å²) in [7, 11) is -4.14. The zero-order chi connectivity index (χ0) is 27.6. The van der Waals surface area contributed by atoms with Crippen molar-refractivity contribution >= 4 is 27.8 Å². The summed E-state index contributed by atoms with van der Waals surface area (Å²) in [5.41, 5.74) is -1.68. The molecule has 1 amide bonds. The highest BCUT2D eigenvalue weighted by Gasteiger charge is 2.46. The van der Waals surface area contributed by atoms with Crippen molar-refractivity contribution in [1.82, 2.24) is 14.7 Å². The third-order valence-corrected chi connectivity index (χ3v) is 8.68. The highest BCUT2D eigenvalue weighted by atomic mass is 32.2. The fourth-order valence-corrected chi connectivity index (χ4v) is 6.13. The van der Waals surface area contributed by atoms with E-state index in [1.807, 2.05) is 0 Å². The topological polar surface area (TPSA) is 127 Å². The number of piperidine rings is 2. The van der Waals surface area contributed by atoms with Crippen LogP contribution in [-0.2, 0) is 35.4 Å². The number of ether oxygens (including phenoxy) is 1. The van der Waals surface area contributed by atoms with Crippen LogP contribution in [0.2, 0.25) is 0 Å². The first-order valence-corrected chi connectivity index (χ1v) is 13.7. The molecular weight excluding hydrogens is 533 g/mol. The Morgan fingerprint density at radius 1 is 1.18 bits per heavy atom. The molecule has 15 heteroatoms. The van der Waals surface area contributed by atoms with Crippen LogP contribution in [0.25, 0.3) is 0 Å². The van der Waals surface area contributed by atoms with Crippen molar-refractivity contribution in [2.24, 2.45) is 5.16 Å². The summed E-state index contributed by atoms with van der Waals surface area (Å²) >= 11 is 0. The molecule has 38 heavy (non-hydrogen) atoms. The zero-order valence-corrected chi connectivity index (χ0v) is 21.5. The first-order valence-electron chi connectivity index (χ1n) is 12.2. The van der Waals surface area contributed by atoms with Crippen molar-refractivity contribution in [2.75, 3.05) is 32.8 Å². The standard InChI is InChI=1S/C23H29F3N4O7S/c1-2-35-21(32)36-29-10-6-17(7-11-29)27-20(31)19-15-22(37-28-19)8-12-30(13-9-22)38(33,34)18-5-3-4-16(14-18)23(24,25)26/h3-5,14,17H,2,6-13,15H2,1H3,(H,27,31). The summed E-state index contributed by atoms with van der Waals surface area (Å²) in [5.74, 6) is -0.384. The maximum absolute atomic E-state index is 13.0. The Labute approximate surface area is 217 Å². The summed E-state index contributed by atoms with van der Waals surface area (Å²) in [4.78, 5) is 34.4. The zero-order valence-electron chi connectivity index (χ0n) is 20.7. The van der Waals surface area contributed by atoms with Crippen molar-refractivity contribution < 1.29 is 45.6 Å². The molecule has 3 aliphatic rings. The number of rotatable bonds is 6. The van der Waals surface area contributed by atoms with Crippen LogP contribution in [0.3, 0.4) is 0 Å². The van der Waals surface area contributed by atoms with E-state index in [0.717, 1.165) is 22.5 Å². The van der Waals surface area contributed by atoms with E-state index in [-0.39, 0.29) is 56.6 Å². The molecule has 0 radical (unpaired) electrons. The number of oxime groups is 1. The molecule has 0 aliphatic carbocycles. The number of alkyl halides is 3. The van der Waals surface area contributed by atoms with E-state index in [9.17, 15) is 31.2 Å². The van der Waals surface area contributed by atoms with E-state index in [4.69, 9.17) is 14.4 Å². The number of sulfonamides is 1. The lowest BCUT2D eigenvalue weighted by Crippen LogP contribution is -2.49. The van der Waals surface area contributed by atoms with E-state index in [2.05, 4.69) is 10.5 Å². The number of amides is 1. The number of hydroxylamine groups is 2. The molecule has 0 bridgehead atoms. The summed E-state index contributed by atoms with van der Waals surface area (Å²) in [6.45, 7) is 2.76. The first-order chi connectivity index (χ1) is 17.9. The van der Waals surface area contributed by atoms with Gasteiger partial charge in [-0.25, -0.2) is 13.2 Å². The fourth-order valence-electron chi connectivity index (χ4n) is 4.64. The number of nitrogens with zero attached hydrogens (tertiary/aromatic N) is 3. The molecule has 0 unspecified atom stereocenters. The van der Waals surface area contributed by atoms with Gasteiger partial charge < -0.3 is 19.7 Å². The molecule has 1 aromatic carbocycles. The molecule has 2 saturated heterocycles. The van der Waals surface area contributed by atoms with Gasteiger partial charge in [-0.05, 0) is 38.0 Å². The summed E-state index contributed by atoms with van der Waals surface area (Å²) in [5, 5.41) is 8.34. The third kappa shape index (κ3) is 6.38. The Bertz CT molecular complexity index is 1180. The minimum absolute atomic E-state index is 0.0158. The number of hydrogen-bond donors (Lipinski definition) is 1. The molecule has 3 aliphatic heterocycles. The number of carbonyl (C=O) groups is 2. The SMILES string of the molecule is CCOC(=O)ON1CCC(NC(=O)C2=NOC3(CCN(S(=O)(=O)c4cccc(C(F)(F)F)c4)CC3)C2)CC1. The number of nitrogens with one attached hydrogen (secondary N) is 1. The number of hydrogen-bond acceptors (Lipinski definition) is 9. The van der Waals surface area contributed by atoms with Crippen molar-refractivity contribution in [1.29, 1.82) is 0 Å². The lowest BCUT2D eigenvalue weighted by molar-refractivity contribution is -0.141. The van der Waals surface area contributed by atoms with Crippen LogP contribution in [0, 0.1) is 0 Å².